The van der Waals surface area contributed by atoms with E-state index >= 15 is 0 Å². The van der Waals surface area contributed by atoms with Gasteiger partial charge in [-0.2, -0.15) is 0 Å². The van der Waals surface area contributed by atoms with E-state index in [2.05, 4.69) is 13.8 Å². The van der Waals surface area contributed by atoms with Crippen LogP contribution in [0.15, 0.2) is 12.1 Å². The maximum Gasteiger partial charge on any atom is 0.336 e. The van der Waals surface area contributed by atoms with E-state index in [9.17, 15) is 9.90 Å². The highest BCUT2D eigenvalue weighted by atomic mass is 16.4. The molecular weight excluding hydrogens is 250 g/mol. The van der Waals surface area contributed by atoms with Gasteiger partial charge in [0.2, 0.25) is 0 Å². The molecule has 1 aromatic heterocycles. The maximum absolute atomic E-state index is 11.8. The predicted molar refractivity (Wildman–Crippen MR) is 79.5 cm³/mol. The first-order valence-corrected chi connectivity index (χ1v) is 6.99. The molecule has 1 heterocycles. The number of aromatic carboxylic acids is 1. The SMILES string of the molecule is Cc1ccc2c(C(=O)O)c3c(nc2c1C)C(C)(C)CC3. The van der Waals surface area contributed by atoms with E-state index in [0.717, 1.165) is 46.1 Å². The first kappa shape index (κ1) is 13.1. The summed E-state index contributed by atoms with van der Waals surface area (Å²) in [5.41, 5.74) is 5.39. The summed E-state index contributed by atoms with van der Waals surface area (Å²) in [5, 5.41) is 10.4. The van der Waals surface area contributed by atoms with Crippen LogP contribution in [0.3, 0.4) is 0 Å². The molecule has 20 heavy (non-hydrogen) atoms. The van der Waals surface area contributed by atoms with Crippen molar-refractivity contribution in [3.63, 3.8) is 0 Å². The van der Waals surface area contributed by atoms with E-state index in [1.807, 2.05) is 26.0 Å². The summed E-state index contributed by atoms with van der Waals surface area (Å²) < 4.78 is 0. The predicted octanol–water partition coefficient (Wildman–Crippen LogP) is 3.77. The Morgan fingerprint density at radius 2 is 2.00 bits per heavy atom. The summed E-state index contributed by atoms with van der Waals surface area (Å²) in [6.07, 6.45) is 1.77. The van der Waals surface area contributed by atoms with Gasteiger partial charge >= 0.3 is 5.97 Å². The summed E-state index contributed by atoms with van der Waals surface area (Å²) in [6, 6.07) is 3.89. The Bertz CT molecular complexity index is 744. The number of pyridine rings is 1. The minimum Gasteiger partial charge on any atom is -0.478 e. The fourth-order valence-corrected chi connectivity index (χ4v) is 3.21. The van der Waals surface area contributed by atoms with Gasteiger partial charge < -0.3 is 5.11 Å². The Hall–Kier alpha value is -1.90. The number of aromatic nitrogens is 1. The van der Waals surface area contributed by atoms with E-state index in [1.165, 1.54) is 0 Å². The third-order valence-corrected chi connectivity index (χ3v) is 4.64. The monoisotopic (exact) mass is 269 g/mol. The third-order valence-electron chi connectivity index (χ3n) is 4.64. The average molecular weight is 269 g/mol. The van der Waals surface area contributed by atoms with Crippen LogP contribution in [0.1, 0.15) is 53.0 Å². The number of hydrogen-bond acceptors (Lipinski definition) is 2. The number of rotatable bonds is 1. The Kier molecular flexibility index (Phi) is 2.65. The molecule has 0 radical (unpaired) electrons. The topological polar surface area (TPSA) is 50.2 Å². The second-order valence-electron chi connectivity index (χ2n) is 6.41. The van der Waals surface area contributed by atoms with Crippen molar-refractivity contribution in [2.24, 2.45) is 0 Å². The largest absolute Gasteiger partial charge is 0.478 e. The second kappa shape index (κ2) is 4.05. The summed E-state index contributed by atoms with van der Waals surface area (Å²) >= 11 is 0. The Balaban J connectivity index is 2.51. The Morgan fingerprint density at radius 3 is 2.65 bits per heavy atom. The molecule has 0 amide bonds. The van der Waals surface area contributed by atoms with Crippen LogP contribution >= 0.6 is 0 Å². The molecule has 0 saturated carbocycles. The second-order valence-corrected chi connectivity index (χ2v) is 6.41. The van der Waals surface area contributed by atoms with Gasteiger partial charge in [-0.1, -0.05) is 26.0 Å². The van der Waals surface area contributed by atoms with Crippen molar-refractivity contribution in [1.82, 2.24) is 4.98 Å². The first-order valence-electron chi connectivity index (χ1n) is 6.99. The number of carbonyl (C=O) groups is 1. The van der Waals surface area contributed by atoms with Crippen LogP contribution in [0.2, 0.25) is 0 Å². The molecule has 0 unspecified atom stereocenters. The normalized spacial score (nSPS) is 16.4. The van der Waals surface area contributed by atoms with Crippen molar-refractivity contribution in [3.05, 3.63) is 40.1 Å². The molecule has 104 valence electrons. The third kappa shape index (κ3) is 1.65. The molecule has 1 aliphatic carbocycles. The van der Waals surface area contributed by atoms with E-state index < -0.39 is 5.97 Å². The number of carboxylic acids is 1. The number of aryl methyl sites for hydroxylation is 2. The Labute approximate surface area is 118 Å². The minimum atomic E-state index is -0.838. The Morgan fingerprint density at radius 1 is 1.30 bits per heavy atom. The molecule has 3 nitrogen and oxygen atoms in total. The van der Waals surface area contributed by atoms with Gasteiger partial charge in [0.1, 0.15) is 0 Å². The molecular formula is C17H19NO2. The quantitative estimate of drug-likeness (QED) is 0.857. The number of carboxylic acid groups (broad SMARTS) is 1. The fourth-order valence-electron chi connectivity index (χ4n) is 3.21. The van der Waals surface area contributed by atoms with Gasteiger partial charge in [-0.15, -0.1) is 0 Å². The van der Waals surface area contributed by atoms with Gasteiger partial charge in [-0.25, -0.2) is 4.79 Å². The summed E-state index contributed by atoms with van der Waals surface area (Å²) in [7, 11) is 0. The first-order chi connectivity index (χ1) is 9.33. The van der Waals surface area contributed by atoms with Crippen molar-refractivity contribution in [2.45, 2.75) is 46.0 Å². The molecule has 2 aromatic rings. The van der Waals surface area contributed by atoms with E-state index in [4.69, 9.17) is 4.98 Å². The van der Waals surface area contributed by atoms with Crippen LogP contribution in [-0.2, 0) is 11.8 Å². The number of benzene rings is 1. The van der Waals surface area contributed by atoms with Crippen molar-refractivity contribution in [3.8, 4) is 0 Å². The molecule has 0 atom stereocenters. The lowest BCUT2D eigenvalue weighted by Gasteiger charge is -2.19. The van der Waals surface area contributed by atoms with Gasteiger partial charge in [-0.3, -0.25) is 4.98 Å². The van der Waals surface area contributed by atoms with Crippen molar-refractivity contribution < 1.29 is 9.90 Å². The molecule has 1 N–H and O–H groups in total. The van der Waals surface area contributed by atoms with Crippen molar-refractivity contribution in [1.29, 1.82) is 0 Å². The minimum absolute atomic E-state index is 0.0378. The maximum atomic E-state index is 11.8. The van der Waals surface area contributed by atoms with E-state index in [0.29, 0.717) is 5.56 Å². The van der Waals surface area contributed by atoms with Crippen LogP contribution in [0.5, 0.6) is 0 Å². The lowest BCUT2D eigenvalue weighted by molar-refractivity contribution is 0.0698. The lowest BCUT2D eigenvalue weighted by Crippen LogP contribution is -2.15. The molecule has 0 aliphatic heterocycles. The molecule has 3 rings (SSSR count). The highest BCUT2D eigenvalue weighted by molar-refractivity contribution is 6.05. The summed E-state index contributed by atoms with van der Waals surface area (Å²) in [6.45, 7) is 8.35. The molecule has 0 fully saturated rings. The number of nitrogens with zero attached hydrogens (tertiary/aromatic N) is 1. The molecule has 0 spiro atoms. The zero-order chi connectivity index (χ0) is 14.7. The standard InChI is InChI=1S/C17H19NO2/c1-9-5-6-11-13(16(19)20)12-7-8-17(3,4)15(12)18-14(11)10(9)2/h5-6H,7-8H2,1-4H3,(H,19,20). The van der Waals surface area contributed by atoms with Crippen LogP contribution in [0.25, 0.3) is 10.9 Å². The van der Waals surface area contributed by atoms with Gasteiger partial charge in [0.25, 0.3) is 0 Å². The fraction of sp³-hybridized carbons (Fsp3) is 0.412. The van der Waals surface area contributed by atoms with Crippen molar-refractivity contribution in [2.75, 3.05) is 0 Å². The van der Waals surface area contributed by atoms with Gasteiger partial charge in [0.05, 0.1) is 16.8 Å². The number of hydrogen-bond donors (Lipinski definition) is 1. The van der Waals surface area contributed by atoms with E-state index in [-0.39, 0.29) is 5.41 Å². The summed E-state index contributed by atoms with van der Waals surface area (Å²) in [5.74, 6) is -0.838. The summed E-state index contributed by atoms with van der Waals surface area (Å²) in [4.78, 5) is 16.6. The van der Waals surface area contributed by atoms with Crippen LogP contribution < -0.4 is 0 Å². The van der Waals surface area contributed by atoms with Gasteiger partial charge in [-0.05, 0) is 43.4 Å². The van der Waals surface area contributed by atoms with Crippen molar-refractivity contribution >= 4 is 16.9 Å². The zero-order valence-electron chi connectivity index (χ0n) is 12.4. The smallest absolute Gasteiger partial charge is 0.336 e. The molecule has 0 saturated heterocycles. The van der Waals surface area contributed by atoms with Crippen LogP contribution in [0, 0.1) is 13.8 Å². The molecule has 1 aliphatic rings. The molecule has 3 heteroatoms. The molecule has 0 bridgehead atoms. The van der Waals surface area contributed by atoms with Gasteiger partial charge in [0.15, 0.2) is 0 Å². The highest BCUT2D eigenvalue weighted by Gasteiger charge is 2.35. The average Bonchev–Trinajstić information content (AvgIpc) is 2.67. The number of fused-ring (bicyclic) bond motifs is 2. The van der Waals surface area contributed by atoms with Gasteiger partial charge in [0, 0.05) is 10.8 Å². The van der Waals surface area contributed by atoms with Crippen LogP contribution in [0.4, 0.5) is 0 Å². The molecule has 1 aromatic carbocycles. The van der Waals surface area contributed by atoms with E-state index in [1.54, 1.807) is 0 Å². The highest BCUT2D eigenvalue weighted by Crippen LogP contribution is 2.41. The lowest BCUT2D eigenvalue weighted by atomic mass is 9.89. The zero-order valence-corrected chi connectivity index (χ0v) is 12.4. The van der Waals surface area contributed by atoms with Crippen LogP contribution in [-0.4, -0.2) is 16.1 Å².